The van der Waals surface area contributed by atoms with Crippen LogP contribution in [0, 0.1) is 6.92 Å². The normalized spacial score (nSPS) is 18.7. The maximum Gasteiger partial charge on any atom is 0.120 e. The molecule has 1 unspecified atom stereocenters. The Hall–Kier alpha value is -2.80. The smallest absolute Gasteiger partial charge is 0.120 e. The molecule has 0 bridgehead atoms. The van der Waals surface area contributed by atoms with Gasteiger partial charge in [-0.2, -0.15) is 0 Å². The number of hydrogen-bond donors (Lipinski definition) is 0. The third-order valence-electron chi connectivity index (χ3n) is 6.86. The molecule has 0 radical (unpaired) electrons. The molecule has 0 N–H and O–H groups in total. The molecule has 2 aliphatic rings. The minimum absolute atomic E-state index is 0.270. The summed E-state index contributed by atoms with van der Waals surface area (Å²) in [7, 11) is 0. The minimum atomic E-state index is 0.270. The Balaban J connectivity index is 1.29. The Kier molecular flexibility index (Phi) is 3.90. The third kappa shape index (κ3) is 3.00. The van der Waals surface area contributed by atoms with Crippen LogP contribution in [0.2, 0.25) is 0 Å². The summed E-state index contributed by atoms with van der Waals surface area (Å²) in [5.74, 6) is 1.84. The zero-order chi connectivity index (χ0) is 19.4. The molecule has 0 spiro atoms. The van der Waals surface area contributed by atoms with Crippen LogP contribution in [0.5, 0.6) is 5.75 Å². The molecule has 0 aliphatic heterocycles. The van der Waals surface area contributed by atoms with Gasteiger partial charge in [-0.05, 0) is 94.5 Å². The highest BCUT2D eigenvalue weighted by Crippen LogP contribution is 2.42. The average Bonchev–Trinajstić information content (AvgIpc) is 3.58. The summed E-state index contributed by atoms with van der Waals surface area (Å²) in [6.07, 6.45) is 6.15. The van der Waals surface area contributed by atoms with Gasteiger partial charge in [0.2, 0.25) is 0 Å². The number of fused-ring (bicyclic) bond motifs is 5. The van der Waals surface area contributed by atoms with E-state index in [0.29, 0.717) is 0 Å². The van der Waals surface area contributed by atoms with E-state index in [9.17, 15) is 0 Å². The molecular weight excluding hydrogens is 352 g/mol. The van der Waals surface area contributed by atoms with Gasteiger partial charge in [0.1, 0.15) is 11.9 Å². The van der Waals surface area contributed by atoms with Gasteiger partial charge in [0.05, 0.1) is 0 Å². The van der Waals surface area contributed by atoms with Crippen LogP contribution in [-0.4, -0.2) is 6.10 Å². The minimum Gasteiger partial charge on any atom is -0.490 e. The fraction of sp³-hybridized carbons (Fsp3) is 0.286. The lowest BCUT2D eigenvalue weighted by Gasteiger charge is -2.27. The van der Waals surface area contributed by atoms with E-state index in [1.54, 1.807) is 0 Å². The molecule has 0 heterocycles. The molecule has 1 heteroatoms. The van der Waals surface area contributed by atoms with Gasteiger partial charge in [-0.1, -0.05) is 54.6 Å². The molecule has 1 nitrogen and oxygen atoms in total. The molecule has 144 valence electrons. The van der Waals surface area contributed by atoms with Crippen molar-refractivity contribution in [3.05, 3.63) is 89.0 Å². The van der Waals surface area contributed by atoms with E-state index in [2.05, 4.69) is 73.7 Å². The first-order chi connectivity index (χ1) is 14.3. The highest BCUT2D eigenvalue weighted by molar-refractivity contribution is 6.08. The summed E-state index contributed by atoms with van der Waals surface area (Å²) in [4.78, 5) is 0. The Labute approximate surface area is 172 Å². The third-order valence-corrected chi connectivity index (χ3v) is 6.86. The Morgan fingerprint density at radius 1 is 0.793 bits per heavy atom. The number of ether oxygens (including phenoxy) is 1. The standard InChI is InChI=1S/C28H26O/c1-18-16-22(10-14-24(18)20-6-7-20)29-23-11-15-26-21(17-23)9-13-27-25-5-3-2-4-19(25)8-12-28(26)27/h2-5,8-10,12-14,16,20,23H,6-7,11,15,17H2,1H3. The van der Waals surface area contributed by atoms with E-state index in [-0.39, 0.29) is 6.10 Å². The van der Waals surface area contributed by atoms with Crippen molar-refractivity contribution >= 4 is 21.5 Å². The van der Waals surface area contributed by atoms with E-state index >= 15 is 0 Å². The molecule has 29 heavy (non-hydrogen) atoms. The molecule has 1 saturated carbocycles. The van der Waals surface area contributed by atoms with Gasteiger partial charge in [0.15, 0.2) is 0 Å². The first-order valence-electron chi connectivity index (χ1n) is 11.0. The lowest BCUT2D eigenvalue weighted by Crippen LogP contribution is -2.25. The van der Waals surface area contributed by atoms with Gasteiger partial charge in [-0.25, -0.2) is 0 Å². The van der Waals surface area contributed by atoms with Gasteiger partial charge in [-0.15, -0.1) is 0 Å². The molecule has 6 rings (SSSR count). The van der Waals surface area contributed by atoms with Crippen LogP contribution in [-0.2, 0) is 12.8 Å². The summed E-state index contributed by atoms with van der Waals surface area (Å²) >= 11 is 0. The van der Waals surface area contributed by atoms with Gasteiger partial charge in [0, 0.05) is 6.42 Å². The second-order valence-corrected chi connectivity index (χ2v) is 8.86. The van der Waals surface area contributed by atoms with E-state index in [4.69, 9.17) is 4.74 Å². The van der Waals surface area contributed by atoms with Crippen molar-refractivity contribution in [1.29, 1.82) is 0 Å². The Bertz CT molecular complexity index is 1230. The predicted octanol–water partition coefficient (Wildman–Crippen LogP) is 7.12. The van der Waals surface area contributed by atoms with E-state index < -0.39 is 0 Å². The van der Waals surface area contributed by atoms with Crippen LogP contribution in [0.15, 0.2) is 66.7 Å². The molecule has 1 atom stereocenters. The predicted molar refractivity (Wildman–Crippen MR) is 121 cm³/mol. The lowest BCUT2D eigenvalue weighted by atomic mass is 9.85. The van der Waals surface area contributed by atoms with Crippen LogP contribution in [0.1, 0.15) is 47.4 Å². The molecule has 0 amide bonds. The van der Waals surface area contributed by atoms with Crippen molar-refractivity contribution in [3.8, 4) is 5.75 Å². The summed E-state index contributed by atoms with van der Waals surface area (Å²) < 4.78 is 6.43. The van der Waals surface area contributed by atoms with Crippen molar-refractivity contribution in [1.82, 2.24) is 0 Å². The SMILES string of the molecule is Cc1cc(OC2CCc3c(ccc4c3ccc3ccccc34)C2)ccc1C1CC1. The molecular formula is C28H26O. The molecule has 0 aromatic heterocycles. The van der Waals surface area contributed by atoms with Crippen LogP contribution < -0.4 is 4.74 Å². The average molecular weight is 379 g/mol. The fourth-order valence-corrected chi connectivity index (χ4v) is 5.20. The van der Waals surface area contributed by atoms with Crippen LogP contribution in [0.3, 0.4) is 0 Å². The van der Waals surface area contributed by atoms with Crippen molar-refractivity contribution in [3.63, 3.8) is 0 Å². The quantitative estimate of drug-likeness (QED) is 0.345. The highest BCUT2D eigenvalue weighted by Gasteiger charge is 2.26. The van der Waals surface area contributed by atoms with E-state index in [1.165, 1.54) is 56.6 Å². The largest absolute Gasteiger partial charge is 0.490 e. The monoisotopic (exact) mass is 378 g/mol. The molecule has 4 aromatic carbocycles. The molecule has 4 aromatic rings. The van der Waals surface area contributed by atoms with Gasteiger partial charge >= 0.3 is 0 Å². The topological polar surface area (TPSA) is 9.23 Å². The summed E-state index contributed by atoms with van der Waals surface area (Å²) in [5.41, 5.74) is 5.88. The summed E-state index contributed by atoms with van der Waals surface area (Å²) in [5, 5.41) is 5.48. The highest BCUT2D eigenvalue weighted by atomic mass is 16.5. The molecule has 2 aliphatic carbocycles. The van der Waals surface area contributed by atoms with Crippen molar-refractivity contribution in [2.45, 2.75) is 51.0 Å². The summed E-state index contributed by atoms with van der Waals surface area (Å²) in [6.45, 7) is 2.23. The van der Waals surface area contributed by atoms with E-state index in [1.807, 2.05) is 0 Å². The molecule has 1 fully saturated rings. The summed E-state index contributed by atoms with van der Waals surface area (Å²) in [6, 6.07) is 24.7. The van der Waals surface area contributed by atoms with Gasteiger partial charge in [0.25, 0.3) is 0 Å². The zero-order valence-electron chi connectivity index (χ0n) is 16.9. The second-order valence-electron chi connectivity index (χ2n) is 8.86. The Morgan fingerprint density at radius 2 is 1.66 bits per heavy atom. The zero-order valence-corrected chi connectivity index (χ0v) is 16.9. The second kappa shape index (κ2) is 6.62. The number of rotatable bonds is 3. The van der Waals surface area contributed by atoms with Crippen molar-refractivity contribution < 1.29 is 4.74 Å². The van der Waals surface area contributed by atoms with Crippen LogP contribution in [0.25, 0.3) is 21.5 Å². The fourth-order valence-electron chi connectivity index (χ4n) is 5.20. The van der Waals surface area contributed by atoms with Gasteiger partial charge < -0.3 is 4.74 Å². The first kappa shape index (κ1) is 17.1. The van der Waals surface area contributed by atoms with Gasteiger partial charge in [-0.3, -0.25) is 0 Å². The molecule has 0 saturated heterocycles. The number of aryl methyl sites for hydroxylation is 2. The lowest BCUT2D eigenvalue weighted by molar-refractivity contribution is 0.185. The Morgan fingerprint density at radius 3 is 2.52 bits per heavy atom. The number of benzene rings is 4. The van der Waals surface area contributed by atoms with Crippen molar-refractivity contribution in [2.24, 2.45) is 0 Å². The maximum atomic E-state index is 6.43. The maximum absolute atomic E-state index is 6.43. The van der Waals surface area contributed by atoms with Crippen LogP contribution >= 0.6 is 0 Å². The number of hydrogen-bond acceptors (Lipinski definition) is 1. The first-order valence-corrected chi connectivity index (χ1v) is 11.0. The van der Waals surface area contributed by atoms with Crippen LogP contribution in [0.4, 0.5) is 0 Å². The van der Waals surface area contributed by atoms with E-state index in [0.717, 1.165) is 30.9 Å². The van der Waals surface area contributed by atoms with Crippen molar-refractivity contribution in [2.75, 3.05) is 0 Å².